The number of carbonyl (C=O) groups is 2. The number of ketones is 1. The largest absolute Gasteiger partial charge is 0.508 e. The van der Waals surface area contributed by atoms with Crippen LogP contribution in [0.3, 0.4) is 0 Å². The van der Waals surface area contributed by atoms with Gasteiger partial charge in [0.2, 0.25) is 0 Å². The summed E-state index contributed by atoms with van der Waals surface area (Å²) in [6.07, 6.45) is 4.62. The number of aromatic hydroxyl groups is 1. The van der Waals surface area contributed by atoms with Crippen molar-refractivity contribution >= 4 is 11.8 Å². The predicted octanol–water partition coefficient (Wildman–Crippen LogP) is 5.60. The van der Waals surface area contributed by atoms with Crippen molar-refractivity contribution in [3.05, 3.63) is 48.0 Å². The SMILES string of the molecule is CCCCCC(CC(=O)CCc1ccc(Oc2cccc(O)c2)c(OC)c1)OC(C)=O. The Kier molecular flexibility index (Phi) is 9.88. The van der Waals surface area contributed by atoms with Gasteiger partial charge in [0.1, 0.15) is 23.4 Å². The van der Waals surface area contributed by atoms with Gasteiger partial charge < -0.3 is 19.3 Å². The standard InChI is InChI=1S/C25H32O6/c1-4-5-6-9-22(30-18(2)26)17-21(28)13-11-19-12-14-24(25(15-19)29-3)31-23-10-7-8-20(27)16-23/h7-8,10,12,14-16,22,27H,4-6,9,11,13,17H2,1-3H3. The number of benzene rings is 2. The lowest BCUT2D eigenvalue weighted by atomic mass is 10.0. The fourth-order valence-electron chi connectivity index (χ4n) is 3.32. The van der Waals surface area contributed by atoms with Crippen molar-refractivity contribution in [2.45, 2.75) is 64.9 Å². The molecule has 0 amide bonds. The number of Topliss-reactive ketones (excluding diaryl/α,β-unsaturated/α-hetero) is 1. The molecule has 2 rings (SSSR count). The first-order valence-corrected chi connectivity index (χ1v) is 10.7. The molecule has 1 N–H and O–H groups in total. The zero-order valence-electron chi connectivity index (χ0n) is 18.6. The fourth-order valence-corrected chi connectivity index (χ4v) is 3.32. The van der Waals surface area contributed by atoms with Crippen LogP contribution in [0.5, 0.6) is 23.0 Å². The lowest BCUT2D eigenvalue weighted by molar-refractivity contribution is -0.148. The van der Waals surface area contributed by atoms with Gasteiger partial charge in [0.05, 0.1) is 7.11 Å². The summed E-state index contributed by atoms with van der Waals surface area (Å²) in [6, 6.07) is 12.0. The van der Waals surface area contributed by atoms with Crippen LogP contribution in [0.1, 0.15) is 57.9 Å². The maximum absolute atomic E-state index is 12.5. The molecule has 2 aromatic rings. The van der Waals surface area contributed by atoms with E-state index in [0.29, 0.717) is 36.5 Å². The van der Waals surface area contributed by atoms with E-state index in [0.717, 1.165) is 24.8 Å². The molecular formula is C25H32O6. The van der Waals surface area contributed by atoms with Gasteiger partial charge in [-0.2, -0.15) is 0 Å². The van der Waals surface area contributed by atoms with Crippen LogP contribution in [0.15, 0.2) is 42.5 Å². The van der Waals surface area contributed by atoms with E-state index in [2.05, 4.69) is 6.92 Å². The first kappa shape index (κ1) is 24.3. The maximum Gasteiger partial charge on any atom is 0.302 e. The van der Waals surface area contributed by atoms with Gasteiger partial charge in [-0.3, -0.25) is 9.59 Å². The van der Waals surface area contributed by atoms with Gasteiger partial charge >= 0.3 is 5.97 Å². The molecule has 0 aliphatic carbocycles. The van der Waals surface area contributed by atoms with Gasteiger partial charge in [-0.05, 0) is 49.1 Å². The highest BCUT2D eigenvalue weighted by Crippen LogP contribution is 2.33. The maximum atomic E-state index is 12.5. The van der Waals surface area contributed by atoms with Gasteiger partial charge in [-0.15, -0.1) is 0 Å². The molecule has 0 aliphatic heterocycles. The molecule has 6 heteroatoms. The summed E-state index contributed by atoms with van der Waals surface area (Å²) in [5.41, 5.74) is 0.948. The Hall–Kier alpha value is -3.02. The molecule has 0 aliphatic rings. The first-order chi connectivity index (χ1) is 14.9. The molecule has 0 fully saturated rings. The van der Waals surface area contributed by atoms with Crippen molar-refractivity contribution < 1.29 is 28.9 Å². The monoisotopic (exact) mass is 428 g/mol. The van der Waals surface area contributed by atoms with E-state index in [4.69, 9.17) is 14.2 Å². The van der Waals surface area contributed by atoms with Crippen LogP contribution >= 0.6 is 0 Å². The van der Waals surface area contributed by atoms with E-state index in [-0.39, 0.29) is 30.0 Å². The van der Waals surface area contributed by atoms with E-state index < -0.39 is 0 Å². The number of hydrogen-bond acceptors (Lipinski definition) is 6. The molecule has 0 spiro atoms. The second-order valence-corrected chi connectivity index (χ2v) is 7.55. The van der Waals surface area contributed by atoms with E-state index in [9.17, 15) is 14.7 Å². The van der Waals surface area contributed by atoms with Crippen LogP contribution in [-0.2, 0) is 20.7 Å². The minimum Gasteiger partial charge on any atom is -0.508 e. The van der Waals surface area contributed by atoms with Gasteiger partial charge in [-0.1, -0.05) is 31.9 Å². The van der Waals surface area contributed by atoms with Crippen molar-refractivity contribution in [1.82, 2.24) is 0 Å². The third kappa shape index (κ3) is 8.70. The minimum atomic E-state index is -0.346. The topological polar surface area (TPSA) is 82.1 Å². The molecule has 0 saturated carbocycles. The number of aryl methyl sites for hydroxylation is 1. The van der Waals surface area contributed by atoms with Crippen molar-refractivity contribution in [2.75, 3.05) is 7.11 Å². The number of phenolic OH excluding ortho intramolecular Hbond substituents is 1. The summed E-state index contributed by atoms with van der Waals surface area (Å²) in [4.78, 5) is 23.8. The molecule has 0 saturated heterocycles. The smallest absolute Gasteiger partial charge is 0.302 e. The Bertz CT molecular complexity index is 861. The summed E-state index contributed by atoms with van der Waals surface area (Å²) >= 11 is 0. The van der Waals surface area contributed by atoms with E-state index in [1.54, 1.807) is 31.4 Å². The number of methoxy groups -OCH3 is 1. The zero-order chi connectivity index (χ0) is 22.6. The molecule has 0 heterocycles. The predicted molar refractivity (Wildman–Crippen MR) is 119 cm³/mol. The third-order valence-electron chi connectivity index (χ3n) is 4.88. The molecule has 31 heavy (non-hydrogen) atoms. The Morgan fingerprint density at radius 1 is 1.06 bits per heavy atom. The lowest BCUT2D eigenvalue weighted by Crippen LogP contribution is -2.20. The van der Waals surface area contributed by atoms with Gasteiger partial charge in [-0.25, -0.2) is 0 Å². The summed E-state index contributed by atoms with van der Waals surface area (Å²) < 4.78 is 16.5. The Morgan fingerprint density at radius 3 is 2.55 bits per heavy atom. The van der Waals surface area contributed by atoms with Crippen LogP contribution in [0.25, 0.3) is 0 Å². The van der Waals surface area contributed by atoms with E-state index in [1.807, 2.05) is 12.1 Å². The Labute approximate surface area is 184 Å². The number of rotatable bonds is 13. The first-order valence-electron chi connectivity index (χ1n) is 10.7. The molecule has 0 radical (unpaired) electrons. The molecule has 168 valence electrons. The summed E-state index contributed by atoms with van der Waals surface area (Å²) in [5, 5.41) is 9.58. The van der Waals surface area contributed by atoms with Crippen molar-refractivity contribution in [3.63, 3.8) is 0 Å². The molecule has 0 bridgehead atoms. The summed E-state index contributed by atoms with van der Waals surface area (Å²) in [6.45, 7) is 3.49. The second kappa shape index (κ2) is 12.6. The Balaban J connectivity index is 1.94. The number of unbranched alkanes of at least 4 members (excludes halogenated alkanes) is 2. The molecule has 0 aromatic heterocycles. The van der Waals surface area contributed by atoms with Crippen LogP contribution < -0.4 is 9.47 Å². The van der Waals surface area contributed by atoms with E-state index in [1.165, 1.54) is 13.0 Å². The van der Waals surface area contributed by atoms with Crippen LogP contribution in [0, 0.1) is 0 Å². The molecule has 1 atom stereocenters. The summed E-state index contributed by atoms with van der Waals surface area (Å²) in [5.74, 6) is 1.41. The number of ether oxygens (including phenoxy) is 3. The Morgan fingerprint density at radius 2 is 1.87 bits per heavy atom. The van der Waals surface area contributed by atoms with Crippen molar-refractivity contribution in [1.29, 1.82) is 0 Å². The summed E-state index contributed by atoms with van der Waals surface area (Å²) in [7, 11) is 1.56. The highest BCUT2D eigenvalue weighted by Gasteiger charge is 2.17. The highest BCUT2D eigenvalue weighted by atomic mass is 16.5. The fraction of sp³-hybridized carbons (Fsp3) is 0.440. The van der Waals surface area contributed by atoms with Crippen LogP contribution in [-0.4, -0.2) is 30.1 Å². The van der Waals surface area contributed by atoms with E-state index >= 15 is 0 Å². The number of esters is 1. The number of carbonyl (C=O) groups excluding carboxylic acids is 2. The average molecular weight is 429 g/mol. The van der Waals surface area contributed by atoms with Crippen molar-refractivity contribution in [3.8, 4) is 23.0 Å². The highest BCUT2D eigenvalue weighted by molar-refractivity contribution is 5.79. The quantitative estimate of drug-likeness (QED) is 0.330. The molecular weight excluding hydrogens is 396 g/mol. The molecule has 6 nitrogen and oxygen atoms in total. The van der Waals surface area contributed by atoms with Gasteiger partial charge in [0.25, 0.3) is 0 Å². The number of phenols is 1. The number of hydrogen-bond donors (Lipinski definition) is 1. The third-order valence-corrected chi connectivity index (χ3v) is 4.88. The molecule has 2 aromatic carbocycles. The minimum absolute atomic E-state index is 0.0711. The van der Waals surface area contributed by atoms with Crippen molar-refractivity contribution in [2.24, 2.45) is 0 Å². The normalized spacial score (nSPS) is 11.6. The lowest BCUT2D eigenvalue weighted by Gasteiger charge is -2.16. The average Bonchev–Trinajstić information content (AvgIpc) is 2.72. The zero-order valence-corrected chi connectivity index (χ0v) is 18.6. The van der Waals surface area contributed by atoms with Crippen LogP contribution in [0.2, 0.25) is 0 Å². The second-order valence-electron chi connectivity index (χ2n) is 7.55. The van der Waals surface area contributed by atoms with Crippen LogP contribution in [0.4, 0.5) is 0 Å². The van der Waals surface area contributed by atoms with Gasteiger partial charge in [0.15, 0.2) is 11.5 Å². The van der Waals surface area contributed by atoms with Gasteiger partial charge in [0, 0.05) is 25.8 Å². The molecule has 1 unspecified atom stereocenters.